The first-order valence-electron chi connectivity index (χ1n) is 9.98. The van der Waals surface area contributed by atoms with Crippen LogP contribution in [-0.2, 0) is 16.6 Å². The lowest BCUT2D eigenvalue weighted by Gasteiger charge is -2.22. The Bertz CT molecular complexity index is 1430. The summed E-state index contributed by atoms with van der Waals surface area (Å²) in [6.07, 6.45) is 0.648. The predicted molar refractivity (Wildman–Crippen MR) is 120 cm³/mol. The van der Waals surface area contributed by atoms with Gasteiger partial charge in [0, 0.05) is 11.9 Å². The Balaban J connectivity index is 1.99. The lowest BCUT2D eigenvalue weighted by Crippen LogP contribution is -2.33. The molecule has 2 heterocycles. The van der Waals surface area contributed by atoms with E-state index in [0.29, 0.717) is 18.5 Å². The number of amidine groups is 1. The van der Waals surface area contributed by atoms with Gasteiger partial charge in [-0.25, -0.2) is 4.39 Å². The van der Waals surface area contributed by atoms with Crippen molar-refractivity contribution in [2.75, 3.05) is 12.4 Å². The summed E-state index contributed by atoms with van der Waals surface area (Å²) in [5.74, 6) is -1.11. The molecule has 0 aliphatic carbocycles. The van der Waals surface area contributed by atoms with Gasteiger partial charge in [0.2, 0.25) is 0 Å². The molecule has 0 spiro atoms. The smallest absolute Gasteiger partial charge is 0.290 e. The minimum Gasteiger partial charge on any atom is -0.506 e. The molecule has 1 aliphatic rings. The zero-order valence-electron chi connectivity index (χ0n) is 17.7. The van der Waals surface area contributed by atoms with Crippen molar-refractivity contribution >= 4 is 32.4 Å². The number of aryl methyl sites for hydroxylation is 1. The molecule has 2 aromatic carbocycles. The molecule has 32 heavy (non-hydrogen) atoms. The number of nitrogens with one attached hydrogen (secondary N) is 1. The van der Waals surface area contributed by atoms with Gasteiger partial charge in [-0.15, -0.1) is 4.40 Å². The minimum atomic E-state index is -4.25. The first kappa shape index (κ1) is 21.8. The zero-order chi connectivity index (χ0) is 23.2. The molecule has 10 heteroatoms. The number of anilines is 1. The highest BCUT2D eigenvalue weighted by Crippen LogP contribution is 2.37. The molecule has 1 aromatic heterocycles. The van der Waals surface area contributed by atoms with E-state index in [4.69, 9.17) is 4.74 Å². The Kier molecular flexibility index (Phi) is 5.41. The summed E-state index contributed by atoms with van der Waals surface area (Å²) < 4.78 is 50.1. The van der Waals surface area contributed by atoms with Crippen LogP contribution in [0, 0.1) is 11.7 Å². The highest BCUT2D eigenvalue weighted by molar-refractivity contribution is 7.90. The van der Waals surface area contributed by atoms with Crippen molar-refractivity contribution in [1.29, 1.82) is 0 Å². The number of sulfonamides is 1. The van der Waals surface area contributed by atoms with Gasteiger partial charge < -0.3 is 19.7 Å². The van der Waals surface area contributed by atoms with Crippen molar-refractivity contribution < 1.29 is 22.7 Å². The third-order valence-electron chi connectivity index (χ3n) is 5.29. The number of halogens is 1. The molecule has 0 saturated carbocycles. The lowest BCUT2D eigenvalue weighted by atomic mass is 10.1. The molecule has 1 aliphatic heterocycles. The van der Waals surface area contributed by atoms with Crippen LogP contribution in [0.15, 0.2) is 50.5 Å². The second-order valence-electron chi connectivity index (χ2n) is 7.90. The monoisotopic (exact) mass is 459 g/mol. The zero-order valence-corrected chi connectivity index (χ0v) is 18.5. The second kappa shape index (κ2) is 7.94. The summed E-state index contributed by atoms with van der Waals surface area (Å²) in [7, 11) is -2.91. The van der Waals surface area contributed by atoms with Gasteiger partial charge in [0.15, 0.2) is 10.7 Å². The normalized spacial score (nSPS) is 14.7. The van der Waals surface area contributed by atoms with Crippen LogP contribution in [0.2, 0.25) is 0 Å². The summed E-state index contributed by atoms with van der Waals surface area (Å²) in [4.78, 5) is 13.2. The maximum absolute atomic E-state index is 14.0. The number of pyridine rings is 1. The molecule has 4 rings (SSSR count). The van der Waals surface area contributed by atoms with Crippen LogP contribution in [0.1, 0.15) is 25.8 Å². The van der Waals surface area contributed by atoms with Crippen LogP contribution in [-0.4, -0.2) is 31.0 Å². The van der Waals surface area contributed by atoms with E-state index < -0.39 is 27.1 Å². The van der Waals surface area contributed by atoms with Crippen molar-refractivity contribution in [2.45, 2.75) is 31.7 Å². The molecule has 0 amide bonds. The predicted octanol–water partition coefficient (Wildman–Crippen LogP) is 3.46. The standard InChI is InChI=1S/C22H22FN3O5S/c1-12(2)9-10-26-16-8-7-13(23)11-14(16)19(27)18(22(26)28)21-24-15-5-4-6-17(31-3)20(15)32(29,30)25-21/h4-8,11-12,27H,9-10H2,1-3H3,(H,24,25). The molecule has 0 fully saturated rings. The number of rotatable bonds is 5. The van der Waals surface area contributed by atoms with Gasteiger partial charge in [-0.05, 0) is 42.7 Å². The molecule has 0 atom stereocenters. The first-order valence-corrected chi connectivity index (χ1v) is 11.4. The third kappa shape index (κ3) is 3.60. The van der Waals surface area contributed by atoms with Crippen molar-refractivity contribution in [2.24, 2.45) is 10.3 Å². The van der Waals surface area contributed by atoms with Gasteiger partial charge in [-0.1, -0.05) is 19.9 Å². The lowest BCUT2D eigenvalue weighted by molar-refractivity contribution is 0.403. The van der Waals surface area contributed by atoms with Crippen molar-refractivity contribution in [3.05, 3.63) is 58.1 Å². The fourth-order valence-corrected chi connectivity index (χ4v) is 4.97. The first-order chi connectivity index (χ1) is 15.1. The van der Waals surface area contributed by atoms with Gasteiger partial charge in [-0.3, -0.25) is 4.79 Å². The Labute approximate surface area is 184 Å². The molecular weight excluding hydrogens is 437 g/mol. The topological polar surface area (TPSA) is 110 Å². The fraction of sp³-hybridized carbons (Fsp3) is 0.273. The number of fused-ring (bicyclic) bond motifs is 2. The number of benzene rings is 2. The van der Waals surface area contributed by atoms with E-state index in [1.807, 2.05) is 13.8 Å². The largest absolute Gasteiger partial charge is 0.506 e. The van der Waals surface area contributed by atoms with Gasteiger partial charge in [0.1, 0.15) is 22.9 Å². The summed E-state index contributed by atoms with van der Waals surface area (Å²) in [6.45, 7) is 4.30. The molecule has 0 unspecified atom stereocenters. The van der Waals surface area contributed by atoms with Crippen LogP contribution >= 0.6 is 0 Å². The van der Waals surface area contributed by atoms with E-state index in [1.165, 1.54) is 35.9 Å². The number of ether oxygens (including phenoxy) is 1. The number of hydrogen-bond acceptors (Lipinski definition) is 6. The van der Waals surface area contributed by atoms with Crippen molar-refractivity contribution in [3.8, 4) is 11.5 Å². The van der Waals surface area contributed by atoms with Crippen molar-refractivity contribution in [1.82, 2.24) is 4.57 Å². The summed E-state index contributed by atoms with van der Waals surface area (Å²) in [6, 6.07) is 8.29. The summed E-state index contributed by atoms with van der Waals surface area (Å²) in [5, 5.41) is 13.8. The number of aromatic hydroxyl groups is 1. The van der Waals surface area contributed by atoms with E-state index in [1.54, 1.807) is 6.07 Å². The molecule has 0 radical (unpaired) electrons. The van der Waals surface area contributed by atoms with Crippen LogP contribution in [0.5, 0.6) is 11.5 Å². The second-order valence-corrected chi connectivity index (χ2v) is 9.44. The van der Waals surface area contributed by atoms with Gasteiger partial charge in [0.05, 0.1) is 18.3 Å². The van der Waals surface area contributed by atoms with E-state index in [-0.39, 0.29) is 39.0 Å². The molecule has 0 bridgehead atoms. The van der Waals surface area contributed by atoms with E-state index >= 15 is 0 Å². The van der Waals surface area contributed by atoms with Crippen molar-refractivity contribution in [3.63, 3.8) is 0 Å². The average molecular weight is 459 g/mol. The Morgan fingerprint density at radius 2 is 2.00 bits per heavy atom. The molecule has 168 valence electrons. The molecule has 8 nitrogen and oxygen atoms in total. The SMILES string of the molecule is COc1cccc2c1S(=O)(=O)N=C(c1c(O)c3cc(F)ccc3n(CCC(C)C)c1=O)N2. The Morgan fingerprint density at radius 1 is 1.25 bits per heavy atom. The van der Waals surface area contributed by atoms with E-state index in [0.717, 1.165) is 6.07 Å². The Hall–Kier alpha value is -3.40. The van der Waals surface area contributed by atoms with Gasteiger partial charge in [0.25, 0.3) is 15.6 Å². The average Bonchev–Trinajstić information content (AvgIpc) is 2.72. The van der Waals surface area contributed by atoms with Gasteiger partial charge in [-0.2, -0.15) is 8.42 Å². The molecule has 3 aromatic rings. The number of nitrogens with zero attached hydrogens (tertiary/aromatic N) is 2. The fourth-order valence-electron chi connectivity index (χ4n) is 3.70. The van der Waals surface area contributed by atoms with E-state index in [9.17, 15) is 22.7 Å². The van der Waals surface area contributed by atoms with Gasteiger partial charge >= 0.3 is 0 Å². The Morgan fingerprint density at radius 3 is 2.69 bits per heavy atom. The summed E-state index contributed by atoms with van der Waals surface area (Å²) in [5.41, 5.74) is -0.472. The third-order valence-corrected chi connectivity index (χ3v) is 6.65. The molecule has 0 saturated heterocycles. The highest BCUT2D eigenvalue weighted by atomic mass is 32.2. The minimum absolute atomic E-state index is 0.0849. The number of hydrogen-bond donors (Lipinski definition) is 2. The number of aromatic nitrogens is 1. The molecular formula is C22H22FN3O5S. The van der Waals surface area contributed by atoms with Crippen LogP contribution in [0.4, 0.5) is 10.1 Å². The molecule has 2 N–H and O–H groups in total. The van der Waals surface area contributed by atoms with Crippen LogP contribution in [0.3, 0.4) is 0 Å². The quantitative estimate of drug-likeness (QED) is 0.605. The van der Waals surface area contributed by atoms with E-state index in [2.05, 4.69) is 9.71 Å². The maximum atomic E-state index is 14.0. The van der Waals surface area contributed by atoms with Crippen LogP contribution < -0.4 is 15.6 Å². The van der Waals surface area contributed by atoms with Crippen LogP contribution in [0.25, 0.3) is 10.9 Å². The number of methoxy groups -OCH3 is 1. The summed E-state index contributed by atoms with van der Waals surface area (Å²) >= 11 is 0. The maximum Gasteiger partial charge on any atom is 0.290 e. The highest BCUT2D eigenvalue weighted by Gasteiger charge is 2.32.